The molecule has 2 N–H and O–H groups in total. The van der Waals surface area contributed by atoms with Crippen LogP contribution in [-0.4, -0.2) is 0 Å². The molecule has 1 nitrogen and oxygen atoms in total. The second kappa shape index (κ2) is 5.43. The molecule has 0 spiro atoms. The fourth-order valence-electron chi connectivity index (χ4n) is 2.02. The van der Waals surface area contributed by atoms with E-state index in [0.29, 0.717) is 0 Å². The number of nitrogens with two attached hydrogens (primary N) is 1. The first-order valence-electron chi connectivity index (χ1n) is 6.05. The maximum atomic E-state index is 6.28. The summed E-state index contributed by atoms with van der Waals surface area (Å²) in [5.74, 6) is 0. The minimum atomic E-state index is 0.0294. The highest BCUT2D eigenvalue weighted by Crippen LogP contribution is 2.31. The number of halogens is 1. The molecule has 2 aromatic rings. The van der Waals surface area contributed by atoms with Crippen LogP contribution in [-0.2, 0) is 6.42 Å². The van der Waals surface area contributed by atoms with E-state index in [1.54, 1.807) is 11.3 Å². The SMILES string of the molecule is Cc1ccc(C)c(CC(N)c2cc(C)c(Cl)s2)c1. The van der Waals surface area contributed by atoms with Crippen molar-refractivity contribution in [2.45, 2.75) is 33.2 Å². The van der Waals surface area contributed by atoms with Crippen LogP contribution in [0.3, 0.4) is 0 Å². The van der Waals surface area contributed by atoms with Crippen LogP contribution >= 0.6 is 22.9 Å². The van der Waals surface area contributed by atoms with Crippen molar-refractivity contribution in [3.63, 3.8) is 0 Å². The minimum absolute atomic E-state index is 0.0294. The van der Waals surface area contributed by atoms with Gasteiger partial charge in [0.25, 0.3) is 0 Å². The fourth-order valence-corrected chi connectivity index (χ4v) is 3.24. The van der Waals surface area contributed by atoms with Gasteiger partial charge in [-0.25, -0.2) is 0 Å². The third-order valence-electron chi connectivity index (χ3n) is 3.19. The molecule has 0 aliphatic heterocycles. The molecule has 1 heterocycles. The Morgan fingerprint density at radius 2 is 1.89 bits per heavy atom. The summed E-state index contributed by atoms with van der Waals surface area (Å²) in [5, 5.41) is 0. The van der Waals surface area contributed by atoms with Crippen LogP contribution in [0.1, 0.15) is 33.2 Å². The summed E-state index contributed by atoms with van der Waals surface area (Å²) in [6.45, 7) is 6.27. The van der Waals surface area contributed by atoms with Gasteiger partial charge in [0.15, 0.2) is 0 Å². The fraction of sp³-hybridized carbons (Fsp3) is 0.333. The normalized spacial score (nSPS) is 12.7. The van der Waals surface area contributed by atoms with E-state index in [1.165, 1.54) is 21.6 Å². The molecule has 0 saturated carbocycles. The van der Waals surface area contributed by atoms with E-state index in [0.717, 1.165) is 16.3 Å². The maximum Gasteiger partial charge on any atom is 0.0960 e. The minimum Gasteiger partial charge on any atom is -0.323 e. The summed E-state index contributed by atoms with van der Waals surface area (Å²) in [7, 11) is 0. The van der Waals surface area contributed by atoms with Crippen LogP contribution in [0.15, 0.2) is 24.3 Å². The molecule has 3 heteroatoms. The van der Waals surface area contributed by atoms with Crippen molar-refractivity contribution in [3.8, 4) is 0 Å². The molecular weight excluding hydrogens is 262 g/mol. The van der Waals surface area contributed by atoms with Gasteiger partial charge in [-0.1, -0.05) is 35.4 Å². The third kappa shape index (κ3) is 2.94. The Morgan fingerprint density at radius 1 is 1.17 bits per heavy atom. The molecule has 18 heavy (non-hydrogen) atoms. The molecule has 0 radical (unpaired) electrons. The van der Waals surface area contributed by atoms with Crippen molar-refractivity contribution in [2.24, 2.45) is 5.73 Å². The highest BCUT2D eigenvalue weighted by molar-refractivity contribution is 7.16. The Morgan fingerprint density at radius 3 is 2.50 bits per heavy atom. The van der Waals surface area contributed by atoms with Gasteiger partial charge in [0.1, 0.15) is 0 Å². The standard InChI is InChI=1S/C15H18ClNS/c1-9-4-5-10(2)12(6-9)8-13(17)14-7-11(3)15(16)18-14/h4-7,13H,8,17H2,1-3H3. The van der Waals surface area contributed by atoms with Crippen LogP contribution in [0.4, 0.5) is 0 Å². The molecule has 0 fully saturated rings. The molecule has 0 bridgehead atoms. The zero-order valence-electron chi connectivity index (χ0n) is 11.0. The topological polar surface area (TPSA) is 26.0 Å². The number of hydrogen-bond donors (Lipinski definition) is 1. The van der Waals surface area contributed by atoms with Crippen molar-refractivity contribution in [1.82, 2.24) is 0 Å². The quantitative estimate of drug-likeness (QED) is 0.875. The number of benzene rings is 1. The Balaban J connectivity index is 2.20. The van der Waals surface area contributed by atoms with E-state index in [2.05, 4.69) is 38.1 Å². The first-order valence-corrected chi connectivity index (χ1v) is 7.24. The Hall–Kier alpha value is -0.830. The number of aryl methyl sites for hydroxylation is 3. The maximum absolute atomic E-state index is 6.28. The van der Waals surface area contributed by atoms with Crippen molar-refractivity contribution in [2.75, 3.05) is 0 Å². The Bertz CT molecular complexity index is 540. The molecule has 1 aromatic heterocycles. The van der Waals surface area contributed by atoms with Gasteiger partial charge < -0.3 is 5.73 Å². The Kier molecular flexibility index (Phi) is 4.10. The summed E-state index contributed by atoms with van der Waals surface area (Å²) < 4.78 is 0.849. The van der Waals surface area contributed by atoms with Crippen molar-refractivity contribution in [3.05, 3.63) is 55.7 Å². The highest BCUT2D eigenvalue weighted by Gasteiger charge is 2.13. The smallest absolute Gasteiger partial charge is 0.0960 e. The van der Waals surface area contributed by atoms with Gasteiger partial charge >= 0.3 is 0 Å². The van der Waals surface area contributed by atoms with E-state index in [9.17, 15) is 0 Å². The lowest BCUT2D eigenvalue weighted by Crippen LogP contribution is -2.12. The first kappa shape index (κ1) is 13.6. The van der Waals surface area contributed by atoms with Gasteiger partial charge in [0.05, 0.1) is 4.34 Å². The lowest BCUT2D eigenvalue weighted by Gasteiger charge is -2.12. The summed E-state index contributed by atoms with van der Waals surface area (Å²) in [6, 6.07) is 8.64. The van der Waals surface area contributed by atoms with Crippen LogP contribution in [0.25, 0.3) is 0 Å². The van der Waals surface area contributed by atoms with E-state index in [4.69, 9.17) is 17.3 Å². The first-order chi connectivity index (χ1) is 8.47. The molecular formula is C15H18ClNS. The van der Waals surface area contributed by atoms with Crippen LogP contribution in [0.2, 0.25) is 4.34 Å². The van der Waals surface area contributed by atoms with Gasteiger partial charge in [-0.15, -0.1) is 11.3 Å². The van der Waals surface area contributed by atoms with Crippen LogP contribution in [0.5, 0.6) is 0 Å². The average molecular weight is 280 g/mol. The highest BCUT2D eigenvalue weighted by atomic mass is 35.5. The molecule has 1 atom stereocenters. The molecule has 2 rings (SSSR count). The molecule has 0 aliphatic rings. The van der Waals surface area contributed by atoms with Crippen molar-refractivity contribution >= 4 is 22.9 Å². The van der Waals surface area contributed by atoms with Crippen molar-refractivity contribution in [1.29, 1.82) is 0 Å². The summed E-state index contributed by atoms with van der Waals surface area (Å²) in [4.78, 5) is 1.17. The van der Waals surface area contributed by atoms with Gasteiger partial charge in [0, 0.05) is 10.9 Å². The van der Waals surface area contributed by atoms with Gasteiger partial charge in [-0.05, 0) is 49.9 Å². The van der Waals surface area contributed by atoms with Gasteiger partial charge in [-0.3, -0.25) is 0 Å². The zero-order chi connectivity index (χ0) is 13.3. The number of hydrogen-bond acceptors (Lipinski definition) is 2. The molecule has 96 valence electrons. The number of thiophene rings is 1. The van der Waals surface area contributed by atoms with Gasteiger partial charge in [0.2, 0.25) is 0 Å². The van der Waals surface area contributed by atoms with E-state index in [1.807, 2.05) is 6.92 Å². The average Bonchev–Trinajstić information content (AvgIpc) is 2.64. The molecule has 0 amide bonds. The van der Waals surface area contributed by atoms with Crippen LogP contribution < -0.4 is 5.73 Å². The van der Waals surface area contributed by atoms with E-state index < -0.39 is 0 Å². The van der Waals surface area contributed by atoms with Gasteiger partial charge in [-0.2, -0.15) is 0 Å². The molecule has 1 aromatic carbocycles. The summed E-state index contributed by atoms with van der Waals surface area (Å²) in [5.41, 5.74) is 11.3. The summed E-state index contributed by atoms with van der Waals surface area (Å²) >= 11 is 7.69. The van der Waals surface area contributed by atoms with Crippen LogP contribution in [0, 0.1) is 20.8 Å². The summed E-state index contributed by atoms with van der Waals surface area (Å²) in [6.07, 6.45) is 0.865. The third-order valence-corrected chi connectivity index (χ3v) is 4.87. The lowest BCUT2D eigenvalue weighted by molar-refractivity contribution is 0.732. The van der Waals surface area contributed by atoms with Crippen molar-refractivity contribution < 1.29 is 0 Å². The van der Waals surface area contributed by atoms with E-state index in [-0.39, 0.29) is 6.04 Å². The second-order valence-corrected chi connectivity index (χ2v) is 6.53. The predicted octanol–water partition coefficient (Wildman–Crippen LogP) is 4.57. The second-order valence-electron chi connectivity index (χ2n) is 4.85. The largest absolute Gasteiger partial charge is 0.323 e. The Labute approximate surface area is 118 Å². The zero-order valence-corrected chi connectivity index (χ0v) is 12.5. The predicted molar refractivity (Wildman–Crippen MR) is 80.6 cm³/mol. The monoisotopic (exact) mass is 279 g/mol. The van der Waals surface area contributed by atoms with E-state index >= 15 is 0 Å². The number of rotatable bonds is 3. The molecule has 0 saturated heterocycles. The molecule has 0 aliphatic carbocycles. The molecule has 1 unspecified atom stereocenters. The lowest BCUT2D eigenvalue weighted by atomic mass is 9.98.